The lowest BCUT2D eigenvalue weighted by atomic mass is 10.2. The van der Waals surface area contributed by atoms with Gasteiger partial charge in [0.1, 0.15) is 0 Å². The first-order chi connectivity index (χ1) is 11.8. The van der Waals surface area contributed by atoms with Crippen LogP contribution in [0.3, 0.4) is 0 Å². The van der Waals surface area contributed by atoms with Crippen LogP contribution < -0.4 is 5.32 Å². The fourth-order valence-electron chi connectivity index (χ4n) is 3.46. The normalized spacial score (nSPS) is 16.9. The third-order valence-corrected chi connectivity index (χ3v) is 5.75. The number of likely N-dealkylation sites (tertiary alicyclic amines) is 1. The van der Waals surface area contributed by atoms with Gasteiger partial charge in [-0.25, -0.2) is 4.98 Å². The molecule has 1 aliphatic heterocycles. The summed E-state index contributed by atoms with van der Waals surface area (Å²) in [5.41, 5.74) is 3.08. The van der Waals surface area contributed by atoms with Crippen LogP contribution in [0.25, 0.3) is 11.0 Å². The summed E-state index contributed by atoms with van der Waals surface area (Å²) in [6, 6.07) is 7.09. The summed E-state index contributed by atoms with van der Waals surface area (Å²) in [4.78, 5) is 8.51. The third-order valence-electron chi connectivity index (χ3n) is 4.78. The first kappa shape index (κ1) is 15.7. The molecule has 0 unspecified atom stereocenters. The molecular formula is C18H23N5S. The molecule has 4 heterocycles. The van der Waals surface area contributed by atoms with Gasteiger partial charge in [-0.15, -0.1) is 11.3 Å². The maximum absolute atomic E-state index is 4.44. The van der Waals surface area contributed by atoms with Gasteiger partial charge in [-0.1, -0.05) is 6.07 Å². The number of nitrogens with zero attached hydrogens (tertiary/aromatic N) is 3. The number of hydrogen-bond donors (Lipinski definition) is 2. The molecule has 0 amide bonds. The molecule has 24 heavy (non-hydrogen) atoms. The van der Waals surface area contributed by atoms with Crippen molar-refractivity contribution in [3.63, 3.8) is 0 Å². The second-order valence-electron chi connectivity index (χ2n) is 6.47. The second-order valence-corrected chi connectivity index (χ2v) is 7.45. The SMILES string of the molecule is Cc1[nH]nc2ncc(CNC[C@H](c3cccs3)N3CCCC3)cc12. The Labute approximate surface area is 146 Å². The van der Waals surface area contributed by atoms with Crippen molar-refractivity contribution in [1.82, 2.24) is 25.4 Å². The van der Waals surface area contributed by atoms with Crippen molar-refractivity contribution in [3.05, 3.63) is 45.9 Å². The Bertz CT molecular complexity index is 789. The quantitative estimate of drug-likeness (QED) is 0.722. The van der Waals surface area contributed by atoms with E-state index in [1.807, 2.05) is 24.5 Å². The summed E-state index contributed by atoms with van der Waals surface area (Å²) in [6.07, 6.45) is 4.57. The topological polar surface area (TPSA) is 56.8 Å². The van der Waals surface area contributed by atoms with Crippen molar-refractivity contribution in [1.29, 1.82) is 0 Å². The minimum Gasteiger partial charge on any atom is -0.311 e. The van der Waals surface area contributed by atoms with Gasteiger partial charge in [0.2, 0.25) is 0 Å². The van der Waals surface area contributed by atoms with E-state index in [9.17, 15) is 0 Å². The van der Waals surface area contributed by atoms with E-state index in [-0.39, 0.29) is 0 Å². The van der Waals surface area contributed by atoms with Gasteiger partial charge >= 0.3 is 0 Å². The molecule has 3 aromatic heterocycles. The molecule has 0 radical (unpaired) electrons. The van der Waals surface area contributed by atoms with Crippen LogP contribution in [-0.2, 0) is 6.54 Å². The Morgan fingerprint density at radius 2 is 2.25 bits per heavy atom. The average Bonchev–Trinajstić information content (AvgIpc) is 3.35. The summed E-state index contributed by atoms with van der Waals surface area (Å²) in [7, 11) is 0. The van der Waals surface area contributed by atoms with E-state index in [2.05, 4.69) is 49.0 Å². The van der Waals surface area contributed by atoms with Gasteiger partial charge in [-0.2, -0.15) is 5.10 Å². The maximum atomic E-state index is 4.44. The van der Waals surface area contributed by atoms with Gasteiger partial charge in [-0.3, -0.25) is 10.00 Å². The van der Waals surface area contributed by atoms with Gasteiger partial charge in [0.25, 0.3) is 0 Å². The maximum Gasteiger partial charge on any atom is 0.181 e. The van der Waals surface area contributed by atoms with E-state index in [4.69, 9.17) is 0 Å². The van der Waals surface area contributed by atoms with Crippen LogP contribution in [0.1, 0.15) is 35.0 Å². The predicted octanol–water partition coefficient (Wildman–Crippen LogP) is 3.25. The number of hydrogen-bond acceptors (Lipinski definition) is 5. The first-order valence-corrected chi connectivity index (χ1v) is 9.47. The van der Waals surface area contributed by atoms with Crippen LogP contribution in [0, 0.1) is 6.92 Å². The molecule has 5 nitrogen and oxygen atoms in total. The number of H-pyrrole nitrogens is 1. The molecular weight excluding hydrogens is 318 g/mol. The van der Waals surface area contributed by atoms with Gasteiger partial charge in [0.05, 0.1) is 6.04 Å². The highest BCUT2D eigenvalue weighted by atomic mass is 32.1. The standard InChI is InChI=1S/C18H23N5S/c1-13-15-9-14(11-20-18(15)22-21-13)10-19-12-16(17-5-4-8-24-17)23-6-2-3-7-23/h4-5,8-9,11,16,19H,2-3,6-7,10,12H2,1H3,(H,20,21,22)/t16-/m1/s1. The molecule has 1 saturated heterocycles. The number of fused-ring (bicyclic) bond motifs is 1. The van der Waals surface area contributed by atoms with Gasteiger partial charge in [0, 0.05) is 35.2 Å². The fourth-order valence-corrected chi connectivity index (χ4v) is 4.32. The number of aromatic nitrogens is 3. The van der Waals surface area contributed by atoms with Crippen molar-refractivity contribution in [3.8, 4) is 0 Å². The third kappa shape index (κ3) is 3.22. The van der Waals surface area contributed by atoms with Crippen molar-refractivity contribution < 1.29 is 0 Å². The molecule has 1 atom stereocenters. The van der Waals surface area contributed by atoms with Crippen LogP contribution in [0.2, 0.25) is 0 Å². The van der Waals surface area contributed by atoms with Crippen molar-refractivity contribution >= 4 is 22.4 Å². The lowest BCUT2D eigenvalue weighted by molar-refractivity contribution is 0.242. The van der Waals surface area contributed by atoms with Crippen LogP contribution >= 0.6 is 11.3 Å². The van der Waals surface area contributed by atoms with E-state index < -0.39 is 0 Å². The van der Waals surface area contributed by atoms with Crippen LogP contribution in [0.5, 0.6) is 0 Å². The first-order valence-electron chi connectivity index (χ1n) is 8.59. The minimum atomic E-state index is 0.486. The number of rotatable bonds is 6. The Balaban J connectivity index is 1.42. The molecule has 0 spiro atoms. The van der Waals surface area contributed by atoms with Crippen LogP contribution in [-0.4, -0.2) is 39.7 Å². The van der Waals surface area contributed by atoms with E-state index in [1.54, 1.807) is 0 Å². The molecule has 0 aliphatic carbocycles. The van der Waals surface area contributed by atoms with Crippen molar-refractivity contribution in [2.24, 2.45) is 0 Å². The largest absolute Gasteiger partial charge is 0.311 e. The highest BCUT2D eigenvalue weighted by molar-refractivity contribution is 7.10. The fraction of sp³-hybridized carbons (Fsp3) is 0.444. The van der Waals surface area contributed by atoms with Crippen LogP contribution in [0.4, 0.5) is 0 Å². The van der Waals surface area contributed by atoms with Crippen molar-refractivity contribution in [2.45, 2.75) is 32.4 Å². The van der Waals surface area contributed by atoms with E-state index >= 15 is 0 Å². The molecule has 1 fully saturated rings. The minimum absolute atomic E-state index is 0.486. The molecule has 1 aliphatic rings. The molecule has 6 heteroatoms. The van der Waals surface area contributed by atoms with Crippen LogP contribution in [0.15, 0.2) is 29.8 Å². The zero-order valence-electron chi connectivity index (χ0n) is 14.0. The molecule has 4 rings (SSSR count). The molecule has 0 saturated carbocycles. The lowest BCUT2D eigenvalue weighted by Crippen LogP contribution is -2.33. The summed E-state index contributed by atoms with van der Waals surface area (Å²) in [5.74, 6) is 0. The Kier molecular flexibility index (Phi) is 4.60. The number of aromatic amines is 1. The molecule has 3 aromatic rings. The Hall–Kier alpha value is -1.76. The summed E-state index contributed by atoms with van der Waals surface area (Å²) in [6.45, 7) is 6.28. The van der Waals surface area contributed by atoms with Crippen molar-refractivity contribution in [2.75, 3.05) is 19.6 Å². The highest BCUT2D eigenvalue weighted by Crippen LogP contribution is 2.28. The zero-order valence-corrected chi connectivity index (χ0v) is 14.8. The van der Waals surface area contributed by atoms with Gasteiger partial charge in [-0.05, 0) is 55.9 Å². The number of thiophene rings is 1. The monoisotopic (exact) mass is 341 g/mol. The summed E-state index contributed by atoms with van der Waals surface area (Å²) < 4.78 is 0. The molecule has 0 aromatic carbocycles. The molecule has 126 valence electrons. The number of pyridine rings is 1. The number of aryl methyl sites for hydroxylation is 1. The molecule has 2 N–H and O–H groups in total. The average molecular weight is 341 g/mol. The van der Waals surface area contributed by atoms with E-state index in [0.29, 0.717) is 6.04 Å². The predicted molar refractivity (Wildman–Crippen MR) is 98.2 cm³/mol. The smallest absolute Gasteiger partial charge is 0.181 e. The van der Waals surface area contributed by atoms with E-state index in [0.717, 1.165) is 29.8 Å². The molecule has 0 bridgehead atoms. The second kappa shape index (κ2) is 7.01. The van der Waals surface area contributed by atoms with Gasteiger partial charge in [0.15, 0.2) is 5.65 Å². The van der Waals surface area contributed by atoms with Gasteiger partial charge < -0.3 is 5.32 Å². The highest BCUT2D eigenvalue weighted by Gasteiger charge is 2.23. The Morgan fingerprint density at radius 3 is 3.04 bits per heavy atom. The summed E-state index contributed by atoms with van der Waals surface area (Å²) >= 11 is 1.86. The summed E-state index contributed by atoms with van der Waals surface area (Å²) in [5, 5.41) is 14.1. The lowest BCUT2D eigenvalue weighted by Gasteiger charge is -2.27. The van der Waals surface area contributed by atoms with E-state index in [1.165, 1.54) is 36.4 Å². The number of nitrogens with one attached hydrogen (secondary N) is 2. The Morgan fingerprint density at radius 1 is 1.38 bits per heavy atom. The zero-order chi connectivity index (χ0) is 16.4.